The van der Waals surface area contributed by atoms with E-state index in [0.717, 1.165) is 0 Å². The Hall–Kier alpha value is -1.83. The zero-order chi connectivity index (χ0) is 16.6. The average molecular weight is 325 g/mol. The molecule has 0 aromatic carbocycles. The number of nitrogens with zero attached hydrogens (tertiary/aromatic N) is 3. The summed E-state index contributed by atoms with van der Waals surface area (Å²) in [5, 5.41) is 0. The summed E-state index contributed by atoms with van der Waals surface area (Å²) < 4.78 is 10.3. The van der Waals surface area contributed by atoms with Gasteiger partial charge in [-0.25, -0.2) is 9.59 Å². The number of urea groups is 1. The molecule has 0 saturated carbocycles. The lowest BCUT2D eigenvalue weighted by Gasteiger charge is -2.35. The molecule has 3 aliphatic rings. The highest BCUT2D eigenvalue weighted by Gasteiger charge is 2.52. The van der Waals surface area contributed by atoms with Crippen molar-refractivity contribution in [1.29, 1.82) is 0 Å². The number of carbonyl (C=O) groups is 3. The van der Waals surface area contributed by atoms with Crippen molar-refractivity contribution in [1.82, 2.24) is 14.7 Å². The van der Waals surface area contributed by atoms with E-state index in [1.54, 1.807) is 23.8 Å². The van der Waals surface area contributed by atoms with Crippen molar-refractivity contribution in [3.8, 4) is 0 Å². The van der Waals surface area contributed by atoms with Crippen molar-refractivity contribution in [2.75, 3.05) is 33.4 Å². The lowest BCUT2D eigenvalue weighted by atomic mass is 10.0. The van der Waals surface area contributed by atoms with E-state index in [1.165, 1.54) is 4.90 Å². The maximum Gasteiger partial charge on any atom is 0.409 e. The van der Waals surface area contributed by atoms with Crippen molar-refractivity contribution in [3.05, 3.63) is 0 Å². The van der Waals surface area contributed by atoms with Crippen molar-refractivity contribution in [2.45, 2.75) is 44.4 Å². The number of fused-ring (bicyclic) bond motifs is 1. The molecule has 0 aromatic rings. The van der Waals surface area contributed by atoms with Gasteiger partial charge in [0.1, 0.15) is 6.04 Å². The van der Waals surface area contributed by atoms with E-state index in [0.29, 0.717) is 45.5 Å². The van der Waals surface area contributed by atoms with E-state index < -0.39 is 0 Å². The maximum atomic E-state index is 12.6. The monoisotopic (exact) mass is 325 g/mol. The highest BCUT2D eigenvalue weighted by Crippen LogP contribution is 2.32. The van der Waals surface area contributed by atoms with Crippen molar-refractivity contribution in [3.63, 3.8) is 0 Å². The summed E-state index contributed by atoms with van der Waals surface area (Å²) in [7, 11) is 1.60. The predicted molar refractivity (Wildman–Crippen MR) is 79.8 cm³/mol. The second kappa shape index (κ2) is 6.35. The molecule has 0 N–H and O–H groups in total. The van der Waals surface area contributed by atoms with Crippen LogP contribution in [0, 0.1) is 0 Å². The number of amides is 4. The van der Waals surface area contributed by atoms with Gasteiger partial charge < -0.3 is 19.3 Å². The number of hydrogen-bond acceptors (Lipinski definition) is 5. The predicted octanol–water partition coefficient (Wildman–Crippen LogP) is 0.659. The average Bonchev–Trinajstić information content (AvgIpc) is 3.08. The summed E-state index contributed by atoms with van der Waals surface area (Å²) >= 11 is 0. The SMILES string of the molecule is CCOC(=O)N1CCC(N2C(=O)[C@@H]3C[C@H](OC)CN3C2=O)CC1. The Morgan fingerprint density at radius 3 is 2.52 bits per heavy atom. The number of rotatable bonds is 3. The minimum Gasteiger partial charge on any atom is -0.450 e. The van der Waals surface area contributed by atoms with Gasteiger partial charge in [0.25, 0.3) is 5.91 Å². The maximum absolute atomic E-state index is 12.6. The third-order valence-electron chi connectivity index (χ3n) is 4.93. The van der Waals surface area contributed by atoms with Crippen LogP contribution in [0.4, 0.5) is 9.59 Å². The third kappa shape index (κ3) is 2.75. The van der Waals surface area contributed by atoms with Crippen LogP contribution in [0.1, 0.15) is 26.2 Å². The molecule has 3 rings (SSSR count). The van der Waals surface area contributed by atoms with Crippen LogP contribution in [-0.4, -0.2) is 84.3 Å². The van der Waals surface area contributed by atoms with E-state index >= 15 is 0 Å². The molecule has 0 unspecified atom stereocenters. The van der Waals surface area contributed by atoms with Gasteiger partial charge in [0.15, 0.2) is 0 Å². The van der Waals surface area contributed by atoms with Gasteiger partial charge in [-0.05, 0) is 19.8 Å². The Balaban J connectivity index is 1.60. The Labute approximate surface area is 135 Å². The molecule has 0 aromatic heterocycles. The van der Waals surface area contributed by atoms with E-state index in [4.69, 9.17) is 9.47 Å². The minimum absolute atomic E-state index is 0.0549. The zero-order valence-corrected chi connectivity index (χ0v) is 13.6. The highest BCUT2D eigenvalue weighted by atomic mass is 16.6. The number of ether oxygens (including phenoxy) is 2. The van der Waals surface area contributed by atoms with E-state index in [9.17, 15) is 14.4 Å². The second-order valence-corrected chi connectivity index (χ2v) is 6.17. The Bertz CT molecular complexity index is 479. The Kier molecular flexibility index (Phi) is 4.43. The quantitative estimate of drug-likeness (QED) is 0.712. The largest absolute Gasteiger partial charge is 0.450 e. The van der Waals surface area contributed by atoms with Crippen molar-refractivity contribution >= 4 is 18.0 Å². The van der Waals surface area contributed by atoms with E-state index in [-0.39, 0.29) is 36.2 Å². The van der Waals surface area contributed by atoms with Gasteiger partial charge >= 0.3 is 12.1 Å². The fourth-order valence-corrected chi connectivity index (χ4v) is 3.66. The van der Waals surface area contributed by atoms with Crippen LogP contribution in [0.5, 0.6) is 0 Å². The van der Waals surface area contributed by atoms with Crippen molar-refractivity contribution in [2.24, 2.45) is 0 Å². The smallest absolute Gasteiger partial charge is 0.409 e. The Morgan fingerprint density at radius 2 is 1.96 bits per heavy atom. The first kappa shape index (κ1) is 16.0. The molecule has 23 heavy (non-hydrogen) atoms. The van der Waals surface area contributed by atoms with Gasteiger partial charge in [-0.2, -0.15) is 0 Å². The van der Waals surface area contributed by atoms with Crippen LogP contribution in [-0.2, 0) is 14.3 Å². The summed E-state index contributed by atoms with van der Waals surface area (Å²) in [6, 6.07) is -0.725. The zero-order valence-electron chi connectivity index (χ0n) is 13.6. The molecular weight excluding hydrogens is 302 g/mol. The van der Waals surface area contributed by atoms with Crippen LogP contribution < -0.4 is 0 Å². The van der Waals surface area contributed by atoms with Gasteiger partial charge in [0, 0.05) is 39.2 Å². The van der Waals surface area contributed by atoms with Crippen LogP contribution >= 0.6 is 0 Å². The highest BCUT2D eigenvalue weighted by molar-refractivity contribution is 6.05. The summed E-state index contributed by atoms with van der Waals surface area (Å²) in [4.78, 5) is 41.5. The van der Waals surface area contributed by atoms with Gasteiger partial charge in [-0.15, -0.1) is 0 Å². The molecule has 2 atom stereocenters. The molecule has 0 spiro atoms. The van der Waals surface area contributed by atoms with Gasteiger partial charge in [0.2, 0.25) is 0 Å². The number of likely N-dealkylation sites (tertiary alicyclic amines) is 1. The van der Waals surface area contributed by atoms with Crippen LogP contribution in [0.3, 0.4) is 0 Å². The van der Waals surface area contributed by atoms with E-state index in [2.05, 4.69) is 0 Å². The first-order chi connectivity index (χ1) is 11.1. The fraction of sp³-hybridized carbons (Fsp3) is 0.800. The normalized spacial score (nSPS) is 28.5. The molecular formula is C15H23N3O5. The van der Waals surface area contributed by atoms with Crippen molar-refractivity contribution < 1.29 is 23.9 Å². The first-order valence-electron chi connectivity index (χ1n) is 8.15. The molecule has 3 fully saturated rings. The van der Waals surface area contributed by atoms with Crippen LogP contribution in [0.2, 0.25) is 0 Å². The number of carbonyl (C=O) groups excluding carboxylic acids is 3. The molecule has 8 heteroatoms. The topological polar surface area (TPSA) is 79.4 Å². The number of methoxy groups -OCH3 is 1. The lowest BCUT2D eigenvalue weighted by molar-refractivity contribution is -0.130. The second-order valence-electron chi connectivity index (χ2n) is 6.17. The van der Waals surface area contributed by atoms with Gasteiger partial charge in [0.05, 0.1) is 12.7 Å². The summed E-state index contributed by atoms with van der Waals surface area (Å²) in [6.45, 7) is 3.60. The molecule has 8 nitrogen and oxygen atoms in total. The number of imide groups is 1. The van der Waals surface area contributed by atoms with E-state index in [1.807, 2.05) is 0 Å². The van der Waals surface area contributed by atoms with Crippen LogP contribution in [0.15, 0.2) is 0 Å². The Morgan fingerprint density at radius 1 is 1.26 bits per heavy atom. The first-order valence-corrected chi connectivity index (χ1v) is 8.15. The number of piperidine rings is 1. The van der Waals surface area contributed by atoms with Crippen LogP contribution in [0.25, 0.3) is 0 Å². The molecule has 128 valence electrons. The molecule has 0 aliphatic carbocycles. The third-order valence-corrected chi connectivity index (χ3v) is 4.93. The summed E-state index contributed by atoms with van der Waals surface area (Å²) in [5.41, 5.74) is 0. The molecule has 0 radical (unpaired) electrons. The number of hydrogen-bond donors (Lipinski definition) is 0. The molecule has 4 amide bonds. The lowest BCUT2D eigenvalue weighted by Crippen LogP contribution is -2.50. The fourth-order valence-electron chi connectivity index (χ4n) is 3.66. The summed E-state index contributed by atoms with van der Waals surface area (Å²) in [6.07, 6.45) is 1.39. The standard InChI is InChI=1S/C15H23N3O5/c1-3-23-15(21)16-6-4-10(5-7-16)18-13(19)12-8-11(22-2)9-17(12)14(18)20/h10-12H,3-9H2,1-2H3/t11-,12-/m0/s1. The van der Waals surface area contributed by atoms with Gasteiger partial charge in [-0.3, -0.25) is 9.69 Å². The van der Waals surface area contributed by atoms with Gasteiger partial charge in [-0.1, -0.05) is 0 Å². The molecule has 3 aliphatic heterocycles. The molecule has 3 heterocycles. The molecule has 3 saturated heterocycles. The minimum atomic E-state index is -0.379. The summed E-state index contributed by atoms with van der Waals surface area (Å²) in [5.74, 6) is -0.121. The molecule has 0 bridgehead atoms.